The summed E-state index contributed by atoms with van der Waals surface area (Å²) < 4.78 is 32.3. The molecule has 0 spiro atoms. The predicted molar refractivity (Wildman–Crippen MR) is 63.0 cm³/mol. The van der Waals surface area contributed by atoms with Gasteiger partial charge in [0.1, 0.15) is 11.4 Å². The summed E-state index contributed by atoms with van der Waals surface area (Å²) in [7, 11) is 0. The second-order valence-corrected chi connectivity index (χ2v) is 3.63. The number of hydrogen-bond donors (Lipinski definition) is 1. The topological polar surface area (TPSA) is 119 Å². The number of benzene rings is 1. The van der Waals surface area contributed by atoms with Crippen LogP contribution in [0, 0.1) is 21.7 Å². The molecule has 2 aromatic rings. The lowest BCUT2D eigenvalue weighted by atomic mass is 10.1. The number of nitro groups is 1. The fourth-order valence-electron chi connectivity index (χ4n) is 1.42. The number of carbonyl (C=O) groups is 1. The Bertz CT molecular complexity index is 756. The van der Waals surface area contributed by atoms with E-state index < -0.39 is 39.7 Å². The van der Waals surface area contributed by atoms with Gasteiger partial charge in [0, 0.05) is 18.2 Å². The molecule has 0 aliphatic rings. The van der Waals surface area contributed by atoms with Gasteiger partial charge in [0.15, 0.2) is 0 Å². The first-order valence-corrected chi connectivity index (χ1v) is 5.27. The summed E-state index contributed by atoms with van der Waals surface area (Å²) in [6.07, 6.45) is 1.59. The highest BCUT2D eigenvalue weighted by Gasteiger charge is 2.26. The van der Waals surface area contributed by atoms with Crippen molar-refractivity contribution in [3.8, 4) is 11.5 Å². The summed E-state index contributed by atoms with van der Waals surface area (Å²) >= 11 is 0. The maximum Gasteiger partial charge on any atom is 0.328 e. The van der Waals surface area contributed by atoms with E-state index in [2.05, 4.69) is 10.2 Å². The molecule has 0 amide bonds. The first-order chi connectivity index (χ1) is 9.90. The first-order valence-electron chi connectivity index (χ1n) is 5.27. The molecule has 0 bridgehead atoms. The highest BCUT2D eigenvalue weighted by atomic mass is 19.1. The van der Waals surface area contributed by atoms with Crippen LogP contribution in [-0.4, -0.2) is 26.2 Å². The minimum Gasteiger partial charge on any atom is -0.478 e. The maximum atomic E-state index is 13.9. The summed E-state index contributed by atoms with van der Waals surface area (Å²) in [6.45, 7) is 0. The second-order valence-electron chi connectivity index (χ2n) is 3.63. The number of nitrogens with zero attached hydrogens (tertiary/aromatic N) is 3. The van der Waals surface area contributed by atoms with Gasteiger partial charge in [0.05, 0.1) is 4.92 Å². The van der Waals surface area contributed by atoms with E-state index in [4.69, 9.17) is 9.52 Å². The van der Waals surface area contributed by atoms with Gasteiger partial charge in [-0.05, 0) is 6.07 Å². The van der Waals surface area contributed by atoms with Gasteiger partial charge in [-0.3, -0.25) is 10.1 Å². The van der Waals surface area contributed by atoms with E-state index in [1.54, 1.807) is 0 Å². The van der Waals surface area contributed by atoms with Gasteiger partial charge in [-0.15, -0.1) is 10.2 Å². The quantitative estimate of drug-likeness (QED) is 0.520. The Morgan fingerprint density at radius 3 is 2.71 bits per heavy atom. The molecule has 21 heavy (non-hydrogen) atoms. The Morgan fingerprint density at radius 1 is 1.38 bits per heavy atom. The molecule has 0 atom stereocenters. The number of carboxylic acid groups (broad SMARTS) is 1. The lowest BCUT2D eigenvalue weighted by Gasteiger charge is -2.00. The van der Waals surface area contributed by atoms with E-state index in [9.17, 15) is 23.7 Å². The van der Waals surface area contributed by atoms with Crippen molar-refractivity contribution in [2.75, 3.05) is 0 Å². The van der Waals surface area contributed by atoms with Crippen molar-refractivity contribution in [1.82, 2.24) is 10.2 Å². The van der Waals surface area contributed by atoms with Crippen LogP contribution in [0.25, 0.3) is 17.5 Å². The van der Waals surface area contributed by atoms with Crippen molar-refractivity contribution in [2.24, 2.45) is 0 Å². The van der Waals surface area contributed by atoms with Gasteiger partial charge >= 0.3 is 11.7 Å². The first kappa shape index (κ1) is 14.2. The summed E-state index contributed by atoms with van der Waals surface area (Å²) in [5.41, 5.74) is -1.81. The van der Waals surface area contributed by atoms with Crippen molar-refractivity contribution in [1.29, 1.82) is 0 Å². The van der Waals surface area contributed by atoms with Crippen LogP contribution in [-0.2, 0) is 4.79 Å². The van der Waals surface area contributed by atoms with E-state index in [0.29, 0.717) is 18.2 Å². The molecular weight excluding hydrogens is 292 g/mol. The van der Waals surface area contributed by atoms with Crippen LogP contribution in [0.15, 0.2) is 22.6 Å². The SMILES string of the molecule is O=C(O)/C=C/c1nnc(-c2c(F)ccc([N+](=O)[O-])c2F)o1. The number of hydrogen-bond acceptors (Lipinski definition) is 6. The fourth-order valence-corrected chi connectivity index (χ4v) is 1.42. The highest BCUT2D eigenvalue weighted by molar-refractivity contribution is 5.84. The molecule has 0 saturated heterocycles. The Hall–Kier alpha value is -3.17. The van der Waals surface area contributed by atoms with Gasteiger partial charge in [0.2, 0.25) is 11.7 Å². The monoisotopic (exact) mass is 297 g/mol. The van der Waals surface area contributed by atoms with Crippen LogP contribution in [0.2, 0.25) is 0 Å². The molecule has 0 saturated carbocycles. The van der Waals surface area contributed by atoms with E-state index in [0.717, 1.165) is 6.08 Å². The minimum atomic E-state index is -1.46. The average Bonchev–Trinajstić information content (AvgIpc) is 2.84. The Morgan fingerprint density at radius 2 is 2.10 bits per heavy atom. The van der Waals surface area contributed by atoms with E-state index >= 15 is 0 Å². The number of rotatable bonds is 4. The molecule has 0 fully saturated rings. The Labute approximate surface area is 114 Å². The van der Waals surface area contributed by atoms with E-state index in [-0.39, 0.29) is 5.89 Å². The lowest BCUT2D eigenvalue weighted by molar-refractivity contribution is -0.387. The largest absolute Gasteiger partial charge is 0.478 e. The average molecular weight is 297 g/mol. The lowest BCUT2D eigenvalue weighted by Crippen LogP contribution is -1.97. The molecule has 1 N–H and O–H groups in total. The molecule has 0 unspecified atom stereocenters. The van der Waals surface area contributed by atoms with E-state index in [1.165, 1.54) is 0 Å². The van der Waals surface area contributed by atoms with Crippen LogP contribution >= 0.6 is 0 Å². The second kappa shape index (κ2) is 5.45. The smallest absolute Gasteiger partial charge is 0.328 e. The maximum absolute atomic E-state index is 13.9. The van der Waals surface area contributed by atoms with E-state index in [1.807, 2.05) is 0 Å². The zero-order valence-electron chi connectivity index (χ0n) is 9.99. The normalized spacial score (nSPS) is 11.0. The third-order valence-corrected chi connectivity index (χ3v) is 2.29. The molecule has 0 aliphatic heterocycles. The van der Waals surface area contributed by atoms with Crippen molar-refractivity contribution < 1.29 is 28.0 Å². The number of aromatic nitrogens is 2. The van der Waals surface area contributed by atoms with Crippen LogP contribution in [0.3, 0.4) is 0 Å². The Kier molecular flexibility index (Phi) is 3.69. The van der Waals surface area contributed by atoms with Crippen LogP contribution < -0.4 is 0 Å². The molecule has 0 aliphatic carbocycles. The summed E-state index contributed by atoms with van der Waals surface area (Å²) in [6, 6.07) is 1.35. The number of aliphatic carboxylic acids is 1. The molecule has 2 rings (SSSR count). The zero-order valence-corrected chi connectivity index (χ0v) is 9.99. The minimum absolute atomic E-state index is 0.322. The third-order valence-electron chi connectivity index (χ3n) is 2.29. The number of carboxylic acids is 1. The predicted octanol–water partition coefficient (Wildman–Crippen LogP) is 2.02. The number of nitro benzene ring substituents is 1. The Balaban J connectivity index is 2.50. The molecule has 0 radical (unpaired) electrons. The molecule has 1 heterocycles. The zero-order chi connectivity index (χ0) is 15.6. The third kappa shape index (κ3) is 2.88. The van der Waals surface area contributed by atoms with Crippen molar-refractivity contribution in [3.63, 3.8) is 0 Å². The van der Waals surface area contributed by atoms with Gasteiger partial charge < -0.3 is 9.52 Å². The summed E-state index contributed by atoms with van der Waals surface area (Å²) in [5, 5.41) is 25.7. The van der Waals surface area contributed by atoms with Gasteiger partial charge in [-0.25, -0.2) is 9.18 Å². The van der Waals surface area contributed by atoms with Crippen LogP contribution in [0.1, 0.15) is 5.89 Å². The molecule has 10 heteroatoms. The number of halogens is 2. The molecule has 1 aromatic heterocycles. The van der Waals surface area contributed by atoms with Crippen molar-refractivity contribution in [2.45, 2.75) is 0 Å². The van der Waals surface area contributed by atoms with Crippen LogP contribution in [0.5, 0.6) is 0 Å². The highest BCUT2D eigenvalue weighted by Crippen LogP contribution is 2.30. The van der Waals surface area contributed by atoms with Crippen molar-refractivity contribution in [3.05, 3.63) is 45.8 Å². The molecular formula is C11H5F2N3O5. The standard InChI is InChI=1S/C11H5F2N3O5/c12-5-1-2-6(16(19)20)10(13)9(5)11-15-14-7(21-11)3-4-8(17)18/h1-4H,(H,17,18)/b4-3+. The molecule has 108 valence electrons. The molecule has 1 aromatic carbocycles. The summed E-state index contributed by atoms with van der Waals surface area (Å²) in [4.78, 5) is 19.9. The van der Waals surface area contributed by atoms with Gasteiger partial charge in [-0.1, -0.05) is 0 Å². The van der Waals surface area contributed by atoms with Gasteiger partial charge in [0.25, 0.3) is 5.89 Å². The fraction of sp³-hybridized carbons (Fsp3) is 0. The molecule has 8 nitrogen and oxygen atoms in total. The summed E-state index contributed by atoms with van der Waals surface area (Å²) in [5.74, 6) is -4.84. The van der Waals surface area contributed by atoms with Gasteiger partial charge in [-0.2, -0.15) is 4.39 Å². The van der Waals surface area contributed by atoms with Crippen molar-refractivity contribution >= 4 is 17.7 Å². The van der Waals surface area contributed by atoms with Crippen LogP contribution in [0.4, 0.5) is 14.5 Å².